The average Bonchev–Trinajstić information content (AvgIpc) is 2.90. The molecule has 1 aliphatic carbocycles. The minimum Gasteiger partial charge on any atom is -0.469 e. The molecule has 1 aliphatic rings. The molecule has 2 rings (SSSR count). The molecule has 1 fully saturated rings. The molecule has 0 bridgehead atoms. The van der Waals surface area contributed by atoms with Crippen LogP contribution in [-0.4, -0.2) is 26.7 Å². The Hall–Kier alpha value is -1.63. The van der Waals surface area contributed by atoms with Crippen LogP contribution in [0.15, 0.2) is 24.3 Å². The molecule has 0 spiro atoms. The highest BCUT2D eigenvalue weighted by atomic mass is 32.2. The van der Waals surface area contributed by atoms with Crippen molar-refractivity contribution in [2.24, 2.45) is 5.92 Å². The molecule has 110 valence electrons. The highest BCUT2D eigenvalue weighted by Gasteiger charge is 2.42. The zero-order chi connectivity index (χ0) is 14.8. The minimum atomic E-state index is -3.70. The van der Waals surface area contributed by atoms with E-state index in [-0.39, 0.29) is 5.69 Å². The first-order valence-electron chi connectivity index (χ1n) is 6.29. The highest BCUT2D eigenvalue weighted by Crippen LogP contribution is 2.32. The van der Waals surface area contributed by atoms with Gasteiger partial charge in [-0.1, -0.05) is 6.42 Å². The molecule has 2 atom stereocenters. The quantitative estimate of drug-likeness (QED) is 0.862. The minimum absolute atomic E-state index is 0.280. The lowest BCUT2D eigenvalue weighted by atomic mass is 10.1. The molecule has 0 saturated heterocycles. The number of ether oxygens (including phenoxy) is 1. The van der Waals surface area contributed by atoms with E-state index in [1.165, 1.54) is 31.4 Å². The van der Waals surface area contributed by atoms with E-state index < -0.39 is 33.0 Å². The summed E-state index contributed by atoms with van der Waals surface area (Å²) in [5.41, 5.74) is 0.280. The Morgan fingerprint density at radius 1 is 1.30 bits per heavy atom. The van der Waals surface area contributed by atoms with Crippen molar-refractivity contribution in [1.29, 1.82) is 0 Å². The molecule has 20 heavy (non-hydrogen) atoms. The van der Waals surface area contributed by atoms with Gasteiger partial charge >= 0.3 is 5.97 Å². The molecule has 2 unspecified atom stereocenters. The lowest BCUT2D eigenvalue weighted by Gasteiger charge is -2.19. The number of benzene rings is 1. The van der Waals surface area contributed by atoms with Gasteiger partial charge in [0.05, 0.1) is 18.3 Å². The van der Waals surface area contributed by atoms with Crippen LogP contribution in [0.4, 0.5) is 10.1 Å². The normalized spacial score (nSPS) is 22.5. The number of esters is 1. The number of sulfonamides is 1. The number of halogens is 1. The first-order valence-corrected chi connectivity index (χ1v) is 7.83. The summed E-state index contributed by atoms with van der Waals surface area (Å²) >= 11 is 0. The molecule has 0 aliphatic heterocycles. The van der Waals surface area contributed by atoms with Crippen LogP contribution in [0.1, 0.15) is 19.3 Å². The number of anilines is 1. The van der Waals surface area contributed by atoms with E-state index >= 15 is 0 Å². The first-order chi connectivity index (χ1) is 9.44. The summed E-state index contributed by atoms with van der Waals surface area (Å²) in [5, 5.41) is -0.806. The number of hydrogen-bond donors (Lipinski definition) is 1. The van der Waals surface area contributed by atoms with E-state index in [2.05, 4.69) is 9.46 Å². The molecule has 0 heterocycles. The van der Waals surface area contributed by atoms with Crippen molar-refractivity contribution < 1.29 is 22.3 Å². The zero-order valence-corrected chi connectivity index (χ0v) is 11.8. The van der Waals surface area contributed by atoms with Crippen LogP contribution in [0, 0.1) is 11.7 Å². The number of carbonyl (C=O) groups excluding carboxylic acids is 1. The summed E-state index contributed by atoms with van der Waals surface area (Å²) in [6.07, 6.45) is 1.58. The van der Waals surface area contributed by atoms with Gasteiger partial charge in [0.2, 0.25) is 10.0 Å². The predicted octanol–water partition coefficient (Wildman–Crippen LogP) is 1.91. The predicted molar refractivity (Wildman–Crippen MR) is 72.1 cm³/mol. The summed E-state index contributed by atoms with van der Waals surface area (Å²) in [6.45, 7) is 0. The van der Waals surface area contributed by atoms with Gasteiger partial charge in [-0.25, -0.2) is 12.8 Å². The molecule has 0 aromatic heterocycles. The van der Waals surface area contributed by atoms with Crippen molar-refractivity contribution >= 4 is 21.7 Å². The van der Waals surface area contributed by atoms with Crippen molar-refractivity contribution in [1.82, 2.24) is 0 Å². The Morgan fingerprint density at radius 2 is 1.95 bits per heavy atom. The van der Waals surface area contributed by atoms with Crippen LogP contribution in [0.2, 0.25) is 0 Å². The van der Waals surface area contributed by atoms with Crippen LogP contribution in [0.3, 0.4) is 0 Å². The Kier molecular flexibility index (Phi) is 4.27. The molecule has 7 heteroatoms. The summed E-state index contributed by atoms with van der Waals surface area (Å²) in [5.74, 6) is -1.59. The molecule has 5 nitrogen and oxygen atoms in total. The van der Waals surface area contributed by atoms with Gasteiger partial charge < -0.3 is 4.74 Å². The first kappa shape index (κ1) is 14.8. The molecular formula is C13H16FNO4S. The lowest BCUT2D eigenvalue weighted by molar-refractivity contribution is -0.145. The molecule has 0 amide bonds. The third-order valence-electron chi connectivity index (χ3n) is 3.46. The fraction of sp³-hybridized carbons (Fsp3) is 0.462. The number of methoxy groups -OCH3 is 1. The van der Waals surface area contributed by atoms with E-state index in [4.69, 9.17) is 0 Å². The van der Waals surface area contributed by atoms with Crippen molar-refractivity contribution in [2.45, 2.75) is 24.5 Å². The van der Waals surface area contributed by atoms with E-state index in [1.807, 2.05) is 0 Å². The van der Waals surface area contributed by atoms with Crippen molar-refractivity contribution in [3.8, 4) is 0 Å². The van der Waals surface area contributed by atoms with Gasteiger partial charge in [-0.05, 0) is 37.1 Å². The Balaban J connectivity index is 2.17. The maximum absolute atomic E-state index is 12.8. The van der Waals surface area contributed by atoms with Gasteiger partial charge in [-0.3, -0.25) is 9.52 Å². The summed E-state index contributed by atoms with van der Waals surface area (Å²) in [6, 6.07) is 5.03. The number of rotatable bonds is 4. The second-order valence-corrected chi connectivity index (χ2v) is 6.65. The van der Waals surface area contributed by atoms with Crippen LogP contribution < -0.4 is 4.72 Å². The standard InChI is InChI=1S/C13H16FNO4S/c1-19-13(16)11-3-2-4-12(11)20(17,18)15-10-7-5-9(14)6-8-10/h5-8,11-12,15H,2-4H2,1H3. The number of nitrogens with one attached hydrogen (secondary N) is 1. The molecule has 1 aromatic rings. The van der Waals surface area contributed by atoms with Gasteiger partial charge in [-0.2, -0.15) is 0 Å². The summed E-state index contributed by atoms with van der Waals surface area (Å²) in [4.78, 5) is 11.6. The van der Waals surface area contributed by atoms with Gasteiger partial charge in [0, 0.05) is 5.69 Å². The Morgan fingerprint density at radius 3 is 2.55 bits per heavy atom. The fourth-order valence-corrected chi connectivity index (χ4v) is 4.25. The van der Waals surface area contributed by atoms with Crippen molar-refractivity contribution in [2.75, 3.05) is 11.8 Å². The third-order valence-corrected chi connectivity index (χ3v) is 5.34. The highest BCUT2D eigenvalue weighted by molar-refractivity contribution is 7.93. The Labute approximate surface area is 117 Å². The van der Waals surface area contributed by atoms with Crippen LogP contribution in [-0.2, 0) is 19.6 Å². The van der Waals surface area contributed by atoms with E-state index in [9.17, 15) is 17.6 Å². The molecular weight excluding hydrogens is 285 g/mol. The SMILES string of the molecule is COC(=O)C1CCCC1S(=O)(=O)Nc1ccc(F)cc1. The molecule has 1 aromatic carbocycles. The van der Waals surface area contributed by atoms with Gasteiger partial charge in [0.1, 0.15) is 5.82 Å². The largest absolute Gasteiger partial charge is 0.469 e. The van der Waals surface area contributed by atoms with Crippen molar-refractivity contribution in [3.05, 3.63) is 30.1 Å². The van der Waals surface area contributed by atoms with Crippen LogP contribution in [0.25, 0.3) is 0 Å². The molecule has 1 saturated carbocycles. The summed E-state index contributed by atoms with van der Waals surface area (Å²) in [7, 11) is -2.46. The lowest BCUT2D eigenvalue weighted by Crippen LogP contribution is -2.35. The number of hydrogen-bond acceptors (Lipinski definition) is 4. The summed E-state index contributed by atoms with van der Waals surface area (Å²) < 4.78 is 44.4. The fourth-order valence-electron chi connectivity index (χ4n) is 2.48. The smallest absolute Gasteiger partial charge is 0.310 e. The third kappa shape index (κ3) is 3.09. The molecule has 0 radical (unpaired) electrons. The van der Waals surface area contributed by atoms with E-state index in [0.29, 0.717) is 19.3 Å². The van der Waals surface area contributed by atoms with E-state index in [0.717, 1.165) is 0 Å². The Bertz CT molecular complexity index is 585. The van der Waals surface area contributed by atoms with Crippen LogP contribution in [0.5, 0.6) is 0 Å². The zero-order valence-electron chi connectivity index (χ0n) is 11.0. The van der Waals surface area contributed by atoms with Gasteiger partial charge in [0.15, 0.2) is 0 Å². The van der Waals surface area contributed by atoms with Crippen LogP contribution >= 0.6 is 0 Å². The topological polar surface area (TPSA) is 72.5 Å². The maximum atomic E-state index is 12.8. The number of carbonyl (C=O) groups is 1. The van der Waals surface area contributed by atoms with Gasteiger partial charge in [-0.15, -0.1) is 0 Å². The maximum Gasteiger partial charge on any atom is 0.310 e. The van der Waals surface area contributed by atoms with E-state index in [1.54, 1.807) is 0 Å². The second-order valence-electron chi connectivity index (χ2n) is 4.75. The average molecular weight is 301 g/mol. The molecule has 1 N–H and O–H groups in total. The van der Waals surface area contributed by atoms with Crippen molar-refractivity contribution in [3.63, 3.8) is 0 Å². The monoisotopic (exact) mass is 301 g/mol. The second kappa shape index (κ2) is 5.78. The van der Waals surface area contributed by atoms with Gasteiger partial charge in [0.25, 0.3) is 0 Å².